The van der Waals surface area contributed by atoms with E-state index in [9.17, 15) is 4.79 Å². The van der Waals surface area contributed by atoms with E-state index in [1.54, 1.807) is 0 Å². The topological polar surface area (TPSA) is 26.3 Å². The second kappa shape index (κ2) is 12.8. The maximum absolute atomic E-state index is 11.6. The van der Waals surface area contributed by atoms with E-state index in [2.05, 4.69) is 76.2 Å². The Kier molecular flexibility index (Phi) is 9.47. The van der Waals surface area contributed by atoms with Crippen LogP contribution < -0.4 is 0 Å². The molecule has 1 aliphatic carbocycles. The molecule has 0 bridgehead atoms. The second-order valence-electron chi connectivity index (χ2n) is 11.5. The number of esters is 1. The van der Waals surface area contributed by atoms with Gasteiger partial charge >= 0.3 is 5.97 Å². The number of methoxy groups -OCH3 is 1. The molecule has 0 aromatic heterocycles. The molecule has 0 N–H and O–H groups in total. The van der Waals surface area contributed by atoms with Crippen molar-refractivity contribution >= 4 is 5.97 Å². The maximum Gasteiger partial charge on any atom is 0.309 e. The van der Waals surface area contributed by atoms with Gasteiger partial charge < -0.3 is 4.74 Å². The van der Waals surface area contributed by atoms with Crippen molar-refractivity contribution in [2.45, 2.75) is 97.3 Å². The quantitative estimate of drug-likeness (QED) is 0.254. The monoisotopic (exact) mass is 510 g/mol. The summed E-state index contributed by atoms with van der Waals surface area (Å²) in [5, 5.41) is 0. The van der Waals surface area contributed by atoms with Crippen LogP contribution in [0.1, 0.15) is 98.6 Å². The minimum Gasteiger partial charge on any atom is -0.469 e. The highest BCUT2D eigenvalue weighted by Gasteiger charge is 2.31. The van der Waals surface area contributed by atoms with E-state index in [1.165, 1.54) is 91.0 Å². The van der Waals surface area contributed by atoms with Crippen LogP contribution in [0.25, 0.3) is 11.1 Å². The van der Waals surface area contributed by atoms with Crippen molar-refractivity contribution in [2.75, 3.05) is 7.11 Å². The Hall–Kier alpha value is -2.87. The van der Waals surface area contributed by atoms with Crippen LogP contribution in [0.2, 0.25) is 0 Å². The van der Waals surface area contributed by atoms with E-state index < -0.39 is 0 Å². The summed E-state index contributed by atoms with van der Waals surface area (Å²) in [4.78, 5) is 11.6. The lowest BCUT2D eigenvalue weighted by molar-refractivity contribution is -0.139. The number of carbonyl (C=O) groups excluding carboxylic acids is 1. The molecular formula is C36H46O2. The van der Waals surface area contributed by atoms with Gasteiger partial charge in [0.1, 0.15) is 0 Å². The molecule has 0 radical (unpaired) electrons. The molecule has 0 heterocycles. The number of ether oxygens (including phenoxy) is 1. The fourth-order valence-electron chi connectivity index (χ4n) is 6.67. The van der Waals surface area contributed by atoms with E-state index in [0.29, 0.717) is 6.42 Å². The third-order valence-electron chi connectivity index (χ3n) is 9.27. The van der Waals surface area contributed by atoms with Gasteiger partial charge in [-0.2, -0.15) is 0 Å². The van der Waals surface area contributed by atoms with Crippen molar-refractivity contribution in [1.29, 1.82) is 0 Å². The first-order valence-corrected chi connectivity index (χ1v) is 14.8. The zero-order valence-corrected chi connectivity index (χ0v) is 24.2. The van der Waals surface area contributed by atoms with Crippen molar-refractivity contribution in [3.05, 3.63) is 94.0 Å². The molecule has 0 atom stereocenters. The molecule has 4 rings (SSSR count). The highest BCUT2D eigenvalue weighted by atomic mass is 16.5. The highest BCUT2D eigenvalue weighted by molar-refractivity contribution is 5.73. The van der Waals surface area contributed by atoms with Gasteiger partial charge in [-0.1, -0.05) is 107 Å². The maximum atomic E-state index is 11.6. The van der Waals surface area contributed by atoms with Crippen molar-refractivity contribution in [2.24, 2.45) is 5.92 Å². The first kappa shape index (κ1) is 28.1. The summed E-state index contributed by atoms with van der Waals surface area (Å²) in [7, 11) is 1.43. The van der Waals surface area contributed by atoms with Crippen molar-refractivity contribution in [3.8, 4) is 11.1 Å². The minimum atomic E-state index is -0.207. The molecule has 0 saturated heterocycles. The molecule has 1 fully saturated rings. The smallest absolute Gasteiger partial charge is 0.309 e. The van der Waals surface area contributed by atoms with E-state index >= 15 is 0 Å². The van der Waals surface area contributed by atoms with E-state index in [1.807, 2.05) is 12.1 Å². The predicted molar refractivity (Wildman–Crippen MR) is 160 cm³/mol. The van der Waals surface area contributed by atoms with Gasteiger partial charge in [-0.3, -0.25) is 4.79 Å². The van der Waals surface area contributed by atoms with Crippen LogP contribution in [0.4, 0.5) is 0 Å². The molecule has 3 aromatic rings. The highest BCUT2D eigenvalue weighted by Crippen LogP contribution is 2.41. The van der Waals surface area contributed by atoms with Crippen LogP contribution in [0.3, 0.4) is 0 Å². The summed E-state index contributed by atoms with van der Waals surface area (Å²) in [6.07, 6.45) is 12.2. The van der Waals surface area contributed by atoms with Gasteiger partial charge in [0.2, 0.25) is 0 Å². The van der Waals surface area contributed by atoms with Gasteiger partial charge in [-0.25, -0.2) is 0 Å². The lowest BCUT2D eigenvalue weighted by Gasteiger charge is -2.34. The van der Waals surface area contributed by atoms with Gasteiger partial charge in [-0.15, -0.1) is 0 Å². The Morgan fingerprint density at radius 3 is 2.05 bits per heavy atom. The van der Waals surface area contributed by atoms with E-state index in [4.69, 9.17) is 4.74 Å². The number of carbonyl (C=O) groups is 1. The molecule has 0 unspecified atom stereocenters. The van der Waals surface area contributed by atoms with Gasteiger partial charge in [0.15, 0.2) is 0 Å². The molecule has 2 heteroatoms. The first-order valence-electron chi connectivity index (χ1n) is 14.8. The summed E-state index contributed by atoms with van der Waals surface area (Å²) < 4.78 is 4.80. The molecule has 38 heavy (non-hydrogen) atoms. The lowest BCUT2D eigenvalue weighted by atomic mass is 9.69. The van der Waals surface area contributed by atoms with Gasteiger partial charge in [-0.05, 0) is 90.0 Å². The van der Waals surface area contributed by atoms with Crippen LogP contribution in [0.15, 0.2) is 60.7 Å². The minimum absolute atomic E-state index is 0.0142. The summed E-state index contributed by atoms with van der Waals surface area (Å²) in [5.74, 6) is 0.722. The number of hydrogen-bond acceptors (Lipinski definition) is 2. The summed E-state index contributed by atoms with van der Waals surface area (Å²) in [6, 6.07) is 22.6. The summed E-state index contributed by atoms with van der Waals surface area (Å²) in [6.45, 7) is 9.20. The van der Waals surface area contributed by atoms with E-state index in [-0.39, 0.29) is 11.4 Å². The average molecular weight is 511 g/mol. The molecule has 2 nitrogen and oxygen atoms in total. The van der Waals surface area contributed by atoms with Gasteiger partial charge in [0.25, 0.3) is 0 Å². The van der Waals surface area contributed by atoms with Crippen LogP contribution in [0, 0.1) is 19.8 Å². The van der Waals surface area contributed by atoms with Crippen LogP contribution in [-0.4, -0.2) is 13.1 Å². The number of benzene rings is 3. The average Bonchev–Trinajstić information content (AvgIpc) is 2.95. The molecule has 202 valence electrons. The Balaban J connectivity index is 1.56. The fourth-order valence-corrected chi connectivity index (χ4v) is 6.67. The van der Waals surface area contributed by atoms with Crippen LogP contribution in [-0.2, 0) is 27.8 Å². The summed E-state index contributed by atoms with van der Waals surface area (Å²) >= 11 is 0. The SMILES string of the molecule is CCC(CC)(c1ccc(CCC2CCCCC2)c(C)c1)c1ccc(-c2ccc(CC(=O)OC)cc2)c(C)c1. The molecule has 3 aromatic carbocycles. The normalized spacial score (nSPS) is 14.4. The fraction of sp³-hybridized carbons (Fsp3) is 0.472. The molecule has 1 saturated carbocycles. The molecule has 1 aliphatic rings. The standard InChI is InChI=1S/C36H46O2/c1-6-36(7-2,32-20-19-30(26(3)23-32)16-13-28-11-9-8-10-12-28)33-21-22-34(27(4)24-33)31-17-14-29(15-18-31)25-35(37)38-5/h14-15,17-24,28H,6-13,16,25H2,1-5H3. The second-order valence-corrected chi connectivity index (χ2v) is 11.5. The Morgan fingerprint density at radius 2 is 1.47 bits per heavy atom. The molecule has 0 amide bonds. The van der Waals surface area contributed by atoms with E-state index in [0.717, 1.165) is 24.3 Å². The van der Waals surface area contributed by atoms with Crippen LogP contribution in [0.5, 0.6) is 0 Å². The third-order valence-corrected chi connectivity index (χ3v) is 9.27. The third kappa shape index (κ3) is 6.22. The van der Waals surface area contributed by atoms with Gasteiger partial charge in [0.05, 0.1) is 13.5 Å². The van der Waals surface area contributed by atoms with Gasteiger partial charge in [0, 0.05) is 5.41 Å². The van der Waals surface area contributed by atoms with Crippen molar-refractivity contribution in [3.63, 3.8) is 0 Å². The zero-order chi connectivity index (χ0) is 27.1. The summed E-state index contributed by atoms with van der Waals surface area (Å²) in [5.41, 5.74) is 10.5. The number of hydrogen-bond donors (Lipinski definition) is 0. The first-order chi connectivity index (χ1) is 18.4. The Morgan fingerprint density at radius 1 is 0.842 bits per heavy atom. The number of rotatable bonds is 10. The van der Waals surface area contributed by atoms with Crippen molar-refractivity contribution < 1.29 is 9.53 Å². The Labute approximate surface area is 230 Å². The Bertz CT molecular complexity index is 1210. The predicted octanol–water partition coefficient (Wildman–Crippen LogP) is 9.30. The molecular weight excluding hydrogens is 464 g/mol. The van der Waals surface area contributed by atoms with Crippen molar-refractivity contribution in [1.82, 2.24) is 0 Å². The largest absolute Gasteiger partial charge is 0.469 e. The number of aryl methyl sites for hydroxylation is 3. The lowest BCUT2D eigenvalue weighted by Crippen LogP contribution is -2.26. The zero-order valence-electron chi connectivity index (χ0n) is 24.2. The van der Waals surface area contributed by atoms with Crippen LogP contribution >= 0.6 is 0 Å². The molecule has 0 aliphatic heterocycles. The molecule has 0 spiro atoms.